The molecule has 0 unspecified atom stereocenters. The summed E-state index contributed by atoms with van der Waals surface area (Å²) < 4.78 is 59.3. The van der Waals surface area contributed by atoms with Crippen LogP contribution in [0.3, 0.4) is 0 Å². The maximum absolute atomic E-state index is 13.8. The number of nitrogens with one attached hydrogen (secondary N) is 3. The SMILES string of the molecule is CC(C)(C)OC(=O)NCCNS(=O)(=O)c1cccc(NC(=O)c2cccc(F)c2F)c1. The van der Waals surface area contributed by atoms with Gasteiger partial charge >= 0.3 is 6.09 Å². The Balaban J connectivity index is 1.99. The number of amides is 2. The predicted molar refractivity (Wildman–Crippen MR) is 110 cm³/mol. The summed E-state index contributed by atoms with van der Waals surface area (Å²) in [5.74, 6) is -3.41. The van der Waals surface area contributed by atoms with E-state index in [0.717, 1.165) is 12.1 Å². The zero-order valence-corrected chi connectivity index (χ0v) is 18.0. The fourth-order valence-electron chi connectivity index (χ4n) is 2.37. The summed E-state index contributed by atoms with van der Waals surface area (Å²) in [7, 11) is -3.96. The molecule has 0 aliphatic carbocycles. The minimum Gasteiger partial charge on any atom is -0.444 e. The van der Waals surface area contributed by atoms with Crippen molar-refractivity contribution in [2.45, 2.75) is 31.3 Å². The van der Waals surface area contributed by atoms with E-state index in [4.69, 9.17) is 4.74 Å². The average Bonchev–Trinajstić information content (AvgIpc) is 2.66. The monoisotopic (exact) mass is 455 g/mol. The molecule has 0 bridgehead atoms. The summed E-state index contributed by atoms with van der Waals surface area (Å²) in [6, 6.07) is 8.41. The third-order valence-electron chi connectivity index (χ3n) is 3.68. The van der Waals surface area contributed by atoms with Crippen LogP contribution < -0.4 is 15.4 Å². The molecule has 2 rings (SSSR count). The van der Waals surface area contributed by atoms with Crippen LogP contribution in [-0.4, -0.2) is 39.1 Å². The van der Waals surface area contributed by atoms with E-state index in [1.807, 2.05) is 0 Å². The van der Waals surface area contributed by atoms with Gasteiger partial charge in [-0.05, 0) is 51.1 Å². The highest BCUT2D eigenvalue weighted by Gasteiger charge is 2.19. The molecule has 0 aliphatic heterocycles. The predicted octanol–water partition coefficient (Wildman–Crippen LogP) is 3.02. The third kappa shape index (κ3) is 7.30. The normalized spacial score (nSPS) is 11.6. The van der Waals surface area contributed by atoms with E-state index in [1.165, 1.54) is 30.3 Å². The topological polar surface area (TPSA) is 114 Å². The average molecular weight is 455 g/mol. The number of hydrogen-bond donors (Lipinski definition) is 3. The van der Waals surface area contributed by atoms with Gasteiger partial charge < -0.3 is 15.4 Å². The van der Waals surface area contributed by atoms with Crippen LogP contribution >= 0.6 is 0 Å². The molecule has 0 radical (unpaired) electrons. The van der Waals surface area contributed by atoms with Crippen molar-refractivity contribution in [2.75, 3.05) is 18.4 Å². The molecule has 168 valence electrons. The van der Waals surface area contributed by atoms with Crippen molar-refractivity contribution in [3.63, 3.8) is 0 Å². The Morgan fingerprint density at radius 2 is 1.71 bits per heavy atom. The van der Waals surface area contributed by atoms with Crippen LogP contribution in [0, 0.1) is 11.6 Å². The molecule has 11 heteroatoms. The zero-order valence-electron chi connectivity index (χ0n) is 17.2. The first-order valence-electron chi connectivity index (χ1n) is 9.21. The summed E-state index contributed by atoms with van der Waals surface area (Å²) in [5, 5.41) is 4.75. The van der Waals surface area contributed by atoms with Gasteiger partial charge in [0.05, 0.1) is 10.5 Å². The minimum atomic E-state index is -3.96. The smallest absolute Gasteiger partial charge is 0.407 e. The number of carbonyl (C=O) groups excluding carboxylic acids is 2. The maximum Gasteiger partial charge on any atom is 0.407 e. The first-order valence-corrected chi connectivity index (χ1v) is 10.7. The van der Waals surface area contributed by atoms with Crippen molar-refractivity contribution in [1.29, 1.82) is 0 Å². The molecule has 2 amide bonds. The molecule has 0 atom stereocenters. The fraction of sp³-hybridized carbons (Fsp3) is 0.300. The molecular formula is C20H23F2N3O5S. The van der Waals surface area contributed by atoms with E-state index in [0.29, 0.717) is 0 Å². The maximum atomic E-state index is 13.8. The molecular weight excluding hydrogens is 432 g/mol. The Bertz CT molecular complexity index is 1070. The van der Waals surface area contributed by atoms with Crippen molar-refractivity contribution in [3.8, 4) is 0 Å². The van der Waals surface area contributed by atoms with Crippen molar-refractivity contribution in [1.82, 2.24) is 10.0 Å². The molecule has 8 nitrogen and oxygen atoms in total. The van der Waals surface area contributed by atoms with E-state index in [-0.39, 0.29) is 23.7 Å². The second kappa shape index (κ2) is 9.84. The summed E-state index contributed by atoms with van der Waals surface area (Å²) in [6.07, 6.45) is -0.680. The number of benzene rings is 2. The Morgan fingerprint density at radius 1 is 1.03 bits per heavy atom. The molecule has 2 aromatic rings. The van der Waals surface area contributed by atoms with Gasteiger partial charge in [-0.15, -0.1) is 0 Å². The molecule has 2 aromatic carbocycles. The van der Waals surface area contributed by atoms with Gasteiger partial charge in [-0.2, -0.15) is 0 Å². The standard InChI is InChI=1S/C20H23F2N3O5S/c1-20(2,3)30-19(27)23-10-11-24-31(28,29)14-7-4-6-13(12-14)25-18(26)15-8-5-9-16(21)17(15)22/h4-9,12,24H,10-11H2,1-3H3,(H,23,27)(H,25,26). The number of alkyl carbamates (subject to hydrolysis) is 1. The van der Waals surface area contributed by atoms with Crippen LogP contribution in [-0.2, 0) is 14.8 Å². The summed E-state index contributed by atoms with van der Waals surface area (Å²) in [6.45, 7) is 4.98. The highest BCUT2D eigenvalue weighted by molar-refractivity contribution is 7.89. The van der Waals surface area contributed by atoms with Crippen LogP contribution in [0.1, 0.15) is 31.1 Å². The Hall–Kier alpha value is -3.05. The molecule has 0 saturated carbocycles. The van der Waals surface area contributed by atoms with Gasteiger partial charge in [0.25, 0.3) is 5.91 Å². The van der Waals surface area contributed by atoms with Crippen LogP contribution in [0.25, 0.3) is 0 Å². The van der Waals surface area contributed by atoms with Gasteiger partial charge in [0.15, 0.2) is 11.6 Å². The number of sulfonamides is 1. The summed E-state index contributed by atoms with van der Waals surface area (Å²) in [5.41, 5.74) is -1.12. The lowest BCUT2D eigenvalue weighted by Gasteiger charge is -2.19. The number of anilines is 1. The van der Waals surface area contributed by atoms with Crippen LogP contribution in [0.15, 0.2) is 47.4 Å². The van der Waals surface area contributed by atoms with Gasteiger partial charge in [0, 0.05) is 18.8 Å². The molecule has 31 heavy (non-hydrogen) atoms. The second-order valence-corrected chi connectivity index (χ2v) is 9.18. The van der Waals surface area contributed by atoms with Gasteiger partial charge in [0.2, 0.25) is 10.0 Å². The number of carbonyl (C=O) groups is 2. The van der Waals surface area contributed by atoms with Crippen molar-refractivity contribution < 1.29 is 31.5 Å². The highest BCUT2D eigenvalue weighted by Crippen LogP contribution is 2.18. The number of ether oxygens (including phenoxy) is 1. The number of rotatable bonds is 7. The highest BCUT2D eigenvalue weighted by atomic mass is 32.2. The molecule has 0 fully saturated rings. The van der Waals surface area contributed by atoms with Gasteiger partial charge in [0.1, 0.15) is 5.60 Å². The van der Waals surface area contributed by atoms with Gasteiger partial charge in [-0.1, -0.05) is 12.1 Å². The lowest BCUT2D eigenvalue weighted by atomic mass is 10.2. The second-order valence-electron chi connectivity index (χ2n) is 7.41. The minimum absolute atomic E-state index is 0.0105. The van der Waals surface area contributed by atoms with E-state index in [9.17, 15) is 26.8 Å². The van der Waals surface area contributed by atoms with Crippen molar-refractivity contribution >= 4 is 27.7 Å². The quantitative estimate of drug-likeness (QED) is 0.556. The first kappa shape index (κ1) is 24.2. The lowest BCUT2D eigenvalue weighted by molar-refractivity contribution is 0.0528. The molecule has 0 spiro atoms. The van der Waals surface area contributed by atoms with Crippen LogP contribution in [0.2, 0.25) is 0 Å². The molecule has 0 heterocycles. The van der Waals surface area contributed by atoms with Crippen LogP contribution in [0.4, 0.5) is 19.3 Å². The third-order valence-corrected chi connectivity index (χ3v) is 5.14. The first-order chi connectivity index (χ1) is 14.4. The molecule has 0 aliphatic rings. The molecule has 3 N–H and O–H groups in total. The fourth-order valence-corrected chi connectivity index (χ4v) is 3.44. The van der Waals surface area contributed by atoms with Crippen LogP contribution in [0.5, 0.6) is 0 Å². The number of hydrogen-bond acceptors (Lipinski definition) is 5. The van der Waals surface area contributed by atoms with E-state index in [1.54, 1.807) is 20.8 Å². The van der Waals surface area contributed by atoms with Crippen molar-refractivity contribution in [3.05, 3.63) is 59.7 Å². The van der Waals surface area contributed by atoms with E-state index in [2.05, 4.69) is 15.4 Å². The Morgan fingerprint density at radius 3 is 2.39 bits per heavy atom. The summed E-state index contributed by atoms with van der Waals surface area (Å²) >= 11 is 0. The Kier molecular flexibility index (Phi) is 7.69. The van der Waals surface area contributed by atoms with Gasteiger partial charge in [-0.25, -0.2) is 26.7 Å². The summed E-state index contributed by atoms with van der Waals surface area (Å²) in [4.78, 5) is 23.6. The van der Waals surface area contributed by atoms with E-state index >= 15 is 0 Å². The lowest BCUT2D eigenvalue weighted by Crippen LogP contribution is -2.37. The van der Waals surface area contributed by atoms with Gasteiger partial charge in [-0.3, -0.25) is 4.79 Å². The molecule has 0 aromatic heterocycles. The number of halogens is 2. The van der Waals surface area contributed by atoms with E-state index < -0.39 is 44.8 Å². The molecule has 0 saturated heterocycles. The zero-order chi connectivity index (χ0) is 23.2. The Labute approximate surface area is 179 Å². The van der Waals surface area contributed by atoms with Crippen molar-refractivity contribution in [2.24, 2.45) is 0 Å². The largest absolute Gasteiger partial charge is 0.444 e.